The second kappa shape index (κ2) is 5.12. The van der Waals surface area contributed by atoms with Gasteiger partial charge in [0.25, 0.3) is 0 Å². The van der Waals surface area contributed by atoms with E-state index >= 15 is 0 Å². The SMILES string of the molecule is CCCc1nc(N)cc(N2CCCC(C)(C)C2)n1. The monoisotopic (exact) mass is 248 g/mol. The highest BCUT2D eigenvalue weighted by Gasteiger charge is 2.27. The van der Waals surface area contributed by atoms with Crippen LogP contribution in [-0.4, -0.2) is 23.1 Å². The number of anilines is 2. The molecule has 0 aliphatic carbocycles. The summed E-state index contributed by atoms with van der Waals surface area (Å²) in [6.45, 7) is 8.89. The minimum Gasteiger partial charge on any atom is -0.384 e. The third-order valence-electron chi connectivity index (χ3n) is 3.48. The fourth-order valence-corrected chi connectivity index (χ4v) is 2.62. The zero-order valence-corrected chi connectivity index (χ0v) is 11.7. The lowest BCUT2D eigenvalue weighted by Gasteiger charge is -2.38. The van der Waals surface area contributed by atoms with Crippen LogP contribution in [0.1, 0.15) is 45.9 Å². The minimum atomic E-state index is 0.364. The lowest BCUT2D eigenvalue weighted by Crippen LogP contribution is -2.40. The number of hydrogen-bond donors (Lipinski definition) is 1. The summed E-state index contributed by atoms with van der Waals surface area (Å²) < 4.78 is 0. The van der Waals surface area contributed by atoms with Crippen LogP contribution in [0.3, 0.4) is 0 Å². The van der Waals surface area contributed by atoms with Gasteiger partial charge in [0.05, 0.1) is 0 Å². The lowest BCUT2D eigenvalue weighted by atomic mass is 9.84. The van der Waals surface area contributed by atoms with Crippen molar-refractivity contribution in [2.24, 2.45) is 5.41 Å². The maximum atomic E-state index is 5.89. The summed E-state index contributed by atoms with van der Waals surface area (Å²) >= 11 is 0. The van der Waals surface area contributed by atoms with Gasteiger partial charge in [0.2, 0.25) is 0 Å². The summed E-state index contributed by atoms with van der Waals surface area (Å²) in [5.74, 6) is 2.46. The third-order valence-corrected chi connectivity index (χ3v) is 3.48. The summed E-state index contributed by atoms with van der Waals surface area (Å²) in [7, 11) is 0. The number of aromatic nitrogens is 2. The first-order valence-electron chi connectivity index (χ1n) is 6.88. The van der Waals surface area contributed by atoms with Crippen LogP contribution < -0.4 is 10.6 Å². The largest absolute Gasteiger partial charge is 0.384 e. The van der Waals surface area contributed by atoms with Gasteiger partial charge >= 0.3 is 0 Å². The summed E-state index contributed by atoms with van der Waals surface area (Å²) in [5, 5.41) is 0. The van der Waals surface area contributed by atoms with Gasteiger partial charge in [-0.15, -0.1) is 0 Å². The molecule has 0 amide bonds. The highest BCUT2D eigenvalue weighted by Crippen LogP contribution is 2.31. The lowest BCUT2D eigenvalue weighted by molar-refractivity contribution is 0.292. The maximum Gasteiger partial charge on any atom is 0.134 e. The molecule has 18 heavy (non-hydrogen) atoms. The van der Waals surface area contributed by atoms with Crippen molar-refractivity contribution in [3.05, 3.63) is 11.9 Å². The highest BCUT2D eigenvalue weighted by molar-refractivity contribution is 5.47. The van der Waals surface area contributed by atoms with Gasteiger partial charge in [-0.05, 0) is 24.7 Å². The zero-order chi connectivity index (χ0) is 13.2. The number of piperidine rings is 1. The molecule has 2 rings (SSSR count). The smallest absolute Gasteiger partial charge is 0.134 e. The normalized spacial score (nSPS) is 18.9. The average molecular weight is 248 g/mol. The molecule has 1 aliphatic heterocycles. The molecule has 1 saturated heterocycles. The first-order valence-corrected chi connectivity index (χ1v) is 6.88. The Morgan fingerprint density at radius 2 is 2.17 bits per heavy atom. The highest BCUT2D eigenvalue weighted by atomic mass is 15.2. The van der Waals surface area contributed by atoms with Crippen molar-refractivity contribution in [3.8, 4) is 0 Å². The number of nitrogens with zero attached hydrogens (tertiary/aromatic N) is 3. The van der Waals surface area contributed by atoms with Crippen LogP contribution in [0.25, 0.3) is 0 Å². The van der Waals surface area contributed by atoms with Crippen molar-refractivity contribution in [3.63, 3.8) is 0 Å². The summed E-state index contributed by atoms with van der Waals surface area (Å²) in [6, 6.07) is 1.90. The van der Waals surface area contributed by atoms with Crippen LogP contribution >= 0.6 is 0 Å². The van der Waals surface area contributed by atoms with E-state index in [-0.39, 0.29) is 0 Å². The molecular weight excluding hydrogens is 224 g/mol. The molecule has 0 bridgehead atoms. The number of nitrogens with two attached hydrogens (primary N) is 1. The predicted molar refractivity (Wildman–Crippen MR) is 75.7 cm³/mol. The molecule has 0 unspecified atom stereocenters. The number of aryl methyl sites for hydroxylation is 1. The van der Waals surface area contributed by atoms with E-state index in [0.29, 0.717) is 11.2 Å². The standard InChI is InChI=1S/C14H24N4/c1-4-6-12-16-11(15)9-13(17-12)18-8-5-7-14(2,3)10-18/h9H,4-8,10H2,1-3H3,(H2,15,16,17). The Balaban J connectivity index is 2.21. The summed E-state index contributed by atoms with van der Waals surface area (Å²) in [4.78, 5) is 11.3. The third kappa shape index (κ3) is 3.12. The second-order valence-electron chi connectivity index (χ2n) is 6.01. The van der Waals surface area contributed by atoms with Gasteiger partial charge in [0.15, 0.2) is 0 Å². The molecule has 1 aliphatic rings. The first kappa shape index (κ1) is 13.1. The van der Waals surface area contributed by atoms with Crippen molar-refractivity contribution < 1.29 is 0 Å². The first-order chi connectivity index (χ1) is 8.50. The maximum absolute atomic E-state index is 5.89. The predicted octanol–water partition coefficient (Wildman–Crippen LogP) is 2.64. The molecule has 0 aromatic carbocycles. The average Bonchev–Trinajstić information content (AvgIpc) is 2.27. The van der Waals surface area contributed by atoms with Gasteiger partial charge < -0.3 is 10.6 Å². The summed E-state index contributed by atoms with van der Waals surface area (Å²) in [5.41, 5.74) is 6.25. The molecule has 2 N–H and O–H groups in total. The van der Waals surface area contributed by atoms with Gasteiger partial charge in [-0.25, -0.2) is 9.97 Å². The van der Waals surface area contributed by atoms with Crippen molar-refractivity contribution in [2.45, 2.75) is 46.5 Å². The van der Waals surface area contributed by atoms with Crippen LogP contribution in [0.15, 0.2) is 6.07 Å². The molecule has 0 atom stereocenters. The fourth-order valence-electron chi connectivity index (χ4n) is 2.62. The molecule has 0 radical (unpaired) electrons. The van der Waals surface area contributed by atoms with Crippen molar-refractivity contribution >= 4 is 11.6 Å². The summed E-state index contributed by atoms with van der Waals surface area (Å²) in [6.07, 6.45) is 4.45. The molecule has 0 spiro atoms. The van der Waals surface area contributed by atoms with Crippen molar-refractivity contribution in [1.29, 1.82) is 0 Å². The van der Waals surface area contributed by atoms with E-state index in [2.05, 4.69) is 35.6 Å². The van der Waals surface area contributed by atoms with Gasteiger partial charge in [-0.2, -0.15) is 0 Å². The van der Waals surface area contributed by atoms with Crippen molar-refractivity contribution in [1.82, 2.24) is 9.97 Å². The zero-order valence-electron chi connectivity index (χ0n) is 11.7. The van der Waals surface area contributed by atoms with Gasteiger partial charge in [0.1, 0.15) is 17.5 Å². The molecule has 2 heterocycles. The Labute approximate surface area is 110 Å². The van der Waals surface area contributed by atoms with E-state index in [9.17, 15) is 0 Å². The van der Waals surface area contributed by atoms with E-state index in [1.807, 2.05) is 6.07 Å². The van der Waals surface area contributed by atoms with Gasteiger partial charge in [-0.3, -0.25) is 0 Å². The van der Waals surface area contributed by atoms with Gasteiger partial charge in [0, 0.05) is 25.6 Å². The molecule has 1 fully saturated rings. The van der Waals surface area contributed by atoms with E-state index in [0.717, 1.165) is 37.6 Å². The number of rotatable bonds is 3. The van der Waals surface area contributed by atoms with Crippen LogP contribution in [0.4, 0.5) is 11.6 Å². The Kier molecular flexibility index (Phi) is 3.73. The second-order valence-corrected chi connectivity index (χ2v) is 6.01. The van der Waals surface area contributed by atoms with E-state index in [1.165, 1.54) is 12.8 Å². The number of hydrogen-bond acceptors (Lipinski definition) is 4. The van der Waals surface area contributed by atoms with Crippen molar-refractivity contribution in [2.75, 3.05) is 23.7 Å². The topological polar surface area (TPSA) is 55.0 Å². The Morgan fingerprint density at radius 3 is 2.83 bits per heavy atom. The molecule has 4 nitrogen and oxygen atoms in total. The minimum absolute atomic E-state index is 0.364. The molecule has 100 valence electrons. The van der Waals surface area contributed by atoms with Crippen LogP contribution in [0.2, 0.25) is 0 Å². The quantitative estimate of drug-likeness (QED) is 0.893. The molecule has 1 aromatic heterocycles. The Bertz CT molecular complexity index is 414. The number of nitrogen functional groups attached to an aromatic ring is 1. The molecule has 4 heteroatoms. The molecule has 0 saturated carbocycles. The van der Waals surface area contributed by atoms with Crippen LogP contribution in [0.5, 0.6) is 0 Å². The van der Waals surface area contributed by atoms with Gasteiger partial charge in [-0.1, -0.05) is 20.8 Å². The molecule has 1 aromatic rings. The van der Waals surface area contributed by atoms with Crippen LogP contribution in [-0.2, 0) is 6.42 Å². The van der Waals surface area contributed by atoms with E-state index < -0.39 is 0 Å². The van der Waals surface area contributed by atoms with Crippen LogP contribution in [0, 0.1) is 5.41 Å². The Hall–Kier alpha value is -1.32. The Morgan fingerprint density at radius 1 is 1.39 bits per heavy atom. The van der Waals surface area contributed by atoms with E-state index in [4.69, 9.17) is 5.73 Å². The molecular formula is C14H24N4. The fraction of sp³-hybridized carbons (Fsp3) is 0.714. The van der Waals surface area contributed by atoms with E-state index in [1.54, 1.807) is 0 Å².